The first-order chi connectivity index (χ1) is 8.10. The van der Waals surface area contributed by atoms with Crippen molar-refractivity contribution in [3.63, 3.8) is 0 Å². The van der Waals surface area contributed by atoms with Crippen molar-refractivity contribution >= 4 is 5.91 Å². The second-order valence-corrected chi connectivity index (χ2v) is 4.05. The van der Waals surface area contributed by atoms with E-state index in [1.165, 1.54) is 11.0 Å². The fourth-order valence-electron chi connectivity index (χ4n) is 1.87. The highest BCUT2D eigenvalue weighted by molar-refractivity contribution is 5.79. The molecule has 0 saturated carbocycles. The summed E-state index contributed by atoms with van der Waals surface area (Å²) >= 11 is 0. The lowest BCUT2D eigenvalue weighted by Crippen LogP contribution is -2.24. The van der Waals surface area contributed by atoms with Crippen LogP contribution in [-0.4, -0.2) is 17.4 Å². The van der Waals surface area contributed by atoms with Gasteiger partial charge in [-0.3, -0.25) is 4.79 Å². The zero-order valence-electron chi connectivity index (χ0n) is 8.99. The van der Waals surface area contributed by atoms with Gasteiger partial charge in [0.05, 0.1) is 12.0 Å². The van der Waals surface area contributed by atoms with E-state index in [0.29, 0.717) is 12.1 Å². The molecule has 0 radical (unpaired) electrons. The monoisotopic (exact) mass is 236 g/mol. The zero-order chi connectivity index (χ0) is 12.4. The van der Waals surface area contributed by atoms with E-state index in [0.717, 1.165) is 12.1 Å². The largest absolute Gasteiger partial charge is 0.337 e. The number of rotatable bonds is 2. The van der Waals surface area contributed by atoms with Gasteiger partial charge in [0.2, 0.25) is 5.91 Å². The molecular formula is C12H10F2N2O. The number of hydrogen-bond donors (Lipinski definition) is 0. The Morgan fingerprint density at radius 1 is 1.41 bits per heavy atom. The average molecular weight is 236 g/mol. The molecule has 3 nitrogen and oxygen atoms in total. The summed E-state index contributed by atoms with van der Waals surface area (Å²) in [6, 6.07) is 5.58. The number of carbonyl (C=O) groups excluding carboxylic acids is 1. The van der Waals surface area contributed by atoms with Gasteiger partial charge in [0, 0.05) is 19.5 Å². The van der Waals surface area contributed by atoms with Crippen molar-refractivity contribution in [1.82, 2.24) is 4.90 Å². The van der Waals surface area contributed by atoms with Crippen LogP contribution in [0.4, 0.5) is 8.78 Å². The fourth-order valence-corrected chi connectivity index (χ4v) is 1.87. The topological polar surface area (TPSA) is 44.1 Å². The summed E-state index contributed by atoms with van der Waals surface area (Å²) < 4.78 is 25.7. The standard InChI is InChI=1S/C12H10F2N2O/c13-10-2-1-8(3-11(10)14)6-16-7-9(5-15)4-12(16)17/h1-3,9H,4,6-7H2. The third-order valence-corrected chi connectivity index (χ3v) is 2.75. The van der Waals surface area contributed by atoms with E-state index in [1.807, 2.05) is 6.07 Å². The van der Waals surface area contributed by atoms with Crippen molar-refractivity contribution in [3.8, 4) is 6.07 Å². The molecule has 0 spiro atoms. The van der Waals surface area contributed by atoms with Gasteiger partial charge >= 0.3 is 0 Å². The van der Waals surface area contributed by atoms with Gasteiger partial charge < -0.3 is 4.90 Å². The van der Waals surface area contributed by atoms with Crippen LogP contribution in [-0.2, 0) is 11.3 Å². The molecule has 1 aromatic rings. The van der Waals surface area contributed by atoms with E-state index in [1.54, 1.807) is 0 Å². The lowest BCUT2D eigenvalue weighted by atomic mass is 10.1. The zero-order valence-corrected chi connectivity index (χ0v) is 8.99. The number of benzene rings is 1. The van der Waals surface area contributed by atoms with Crippen molar-refractivity contribution in [2.24, 2.45) is 5.92 Å². The molecular weight excluding hydrogens is 226 g/mol. The van der Waals surface area contributed by atoms with Crippen molar-refractivity contribution in [2.75, 3.05) is 6.54 Å². The molecule has 1 aliphatic rings. The van der Waals surface area contributed by atoms with Crippen molar-refractivity contribution < 1.29 is 13.6 Å². The molecule has 1 atom stereocenters. The van der Waals surface area contributed by atoms with Crippen molar-refractivity contribution in [1.29, 1.82) is 5.26 Å². The molecule has 88 valence electrons. The van der Waals surface area contributed by atoms with E-state index in [4.69, 9.17) is 5.26 Å². The summed E-state index contributed by atoms with van der Waals surface area (Å²) in [5.74, 6) is -2.25. The second kappa shape index (κ2) is 4.50. The van der Waals surface area contributed by atoms with E-state index < -0.39 is 11.6 Å². The molecule has 1 saturated heterocycles. The van der Waals surface area contributed by atoms with Crippen molar-refractivity contribution in [3.05, 3.63) is 35.4 Å². The van der Waals surface area contributed by atoms with Crippen LogP contribution in [0.25, 0.3) is 0 Å². The van der Waals surface area contributed by atoms with Gasteiger partial charge in [-0.15, -0.1) is 0 Å². The summed E-state index contributed by atoms with van der Waals surface area (Å²) in [4.78, 5) is 13.0. The molecule has 2 rings (SSSR count). The summed E-state index contributed by atoms with van der Waals surface area (Å²) in [6.45, 7) is 0.572. The third kappa shape index (κ3) is 2.41. The minimum atomic E-state index is -0.925. The molecule has 1 aromatic carbocycles. The molecule has 0 bridgehead atoms. The SMILES string of the molecule is N#CC1CC(=O)N(Cc2ccc(F)c(F)c2)C1. The Morgan fingerprint density at radius 3 is 2.76 bits per heavy atom. The smallest absolute Gasteiger partial charge is 0.224 e. The molecule has 1 fully saturated rings. The Morgan fingerprint density at radius 2 is 2.18 bits per heavy atom. The molecule has 1 heterocycles. The molecule has 17 heavy (non-hydrogen) atoms. The molecule has 0 aromatic heterocycles. The fraction of sp³-hybridized carbons (Fsp3) is 0.333. The van der Waals surface area contributed by atoms with Gasteiger partial charge in [0.1, 0.15) is 0 Å². The highest BCUT2D eigenvalue weighted by Crippen LogP contribution is 2.20. The summed E-state index contributed by atoms with van der Waals surface area (Å²) in [6.07, 6.45) is 0.209. The van der Waals surface area contributed by atoms with Gasteiger partial charge in [-0.05, 0) is 17.7 Å². The highest BCUT2D eigenvalue weighted by atomic mass is 19.2. The number of nitrogens with zero attached hydrogens (tertiary/aromatic N) is 2. The lowest BCUT2D eigenvalue weighted by molar-refractivity contribution is -0.128. The average Bonchev–Trinajstić information content (AvgIpc) is 2.65. The Labute approximate surface area is 97.3 Å². The van der Waals surface area contributed by atoms with E-state index in [-0.39, 0.29) is 24.8 Å². The summed E-state index contributed by atoms with van der Waals surface area (Å²) in [5, 5.41) is 8.71. The number of amides is 1. The molecule has 0 aliphatic carbocycles. The van der Waals surface area contributed by atoms with Gasteiger partial charge in [-0.1, -0.05) is 6.07 Å². The maximum absolute atomic E-state index is 13.0. The number of nitriles is 1. The molecule has 1 unspecified atom stereocenters. The van der Waals surface area contributed by atoms with Crippen LogP contribution in [0.5, 0.6) is 0 Å². The van der Waals surface area contributed by atoms with Crippen LogP contribution < -0.4 is 0 Å². The number of carbonyl (C=O) groups is 1. The number of halogens is 2. The van der Waals surface area contributed by atoms with E-state index in [9.17, 15) is 13.6 Å². The van der Waals surface area contributed by atoms with Crippen LogP contribution in [0, 0.1) is 28.9 Å². The third-order valence-electron chi connectivity index (χ3n) is 2.75. The van der Waals surface area contributed by atoms with Gasteiger partial charge in [0.15, 0.2) is 11.6 Å². The lowest BCUT2D eigenvalue weighted by Gasteiger charge is -2.15. The Hall–Kier alpha value is -1.96. The molecule has 1 amide bonds. The van der Waals surface area contributed by atoms with E-state index >= 15 is 0 Å². The van der Waals surface area contributed by atoms with Crippen LogP contribution >= 0.6 is 0 Å². The first kappa shape index (κ1) is 11.5. The predicted octanol–water partition coefficient (Wildman–Crippen LogP) is 1.84. The first-order valence-electron chi connectivity index (χ1n) is 5.21. The van der Waals surface area contributed by atoms with Crippen molar-refractivity contribution in [2.45, 2.75) is 13.0 Å². The first-order valence-corrected chi connectivity index (χ1v) is 5.21. The summed E-state index contributed by atoms with van der Waals surface area (Å²) in [7, 11) is 0. The molecule has 1 aliphatic heterocycles. The Balaban J connectivity index is 2.09. The van der Waals surface area contributed by atoms with E-state index in [2.05, 4.69) is 0 Å². The minimum Gasteiger partial charge on any atom is -0.337 e. The predicted molar refractivity (Wildman–Crippen MR) is 55.5 cm³/mol. The maximum Gasteiger partial charge on any atom is 0.224 e. The van der Waals surface area contributed by atoms with Crippen LogP contribution in [0.15, 0.2) is 18.2 Å². The van der Waals surface area contributed by atoms with Crippen LogP contribution in [0.2, 0.25) is 0 Å². The maximum atomic E-state index is 13.0. The molecule has 5 heteroatoms. The number of hydrogen-bond acceptors (Lipinski definition) is 2. The molecule has 0 N–H and O–H groups in total. The van der Waals surface area contributed by atoms with Crippen LogP contribution in [0.1, 0.15) is 12.0 Å². The normalized spacial score (nSPS) is 19.5. The van der Waals surface area contributed by atoms with Gasteiger partial charge in [-0.2, -0.15) is 5.26 Å². The summed E-state index contributed by atoms with van der Waals surface area (Å²) in [5.41, 5.74) is 0.524. The van der Waals surface area contributed by atoms with Crippen LogP contribution in [0.3, 0.4) is 0 Å². The quantitative estimate of drug-likeness (QED) is 0.786. The Kier molecular flexibility index (Phi) is 3.05. The minimum absolute atomic E-state index is 0.124. The number of likely N-dealkylation sites (tertiary alicyclic amines) is 1. The highest BCUT2D eigenvalue weighted by Gasteiger charge is 2.29. The second-order valence-electron chi connectivity index (χ2n) is 4.05. The van der Waals surface area contributed by atoms with Gasteiger partial charge in [-0.25, -0.2) is 8.78 Å². The Bertz CT molecular complexity index is 496. The van der Waals surface area contributed by atoms with Gasteiger partial charge in [0.25, 0.3) is 0 Å².